The maximum atomic E-state index is 14.7. The molecule has 1 aliphatic carbocycles. The van der Waals surface area contributed by atoms with E-state index in [2.05, 4.69) is 27.4 Å². The van der Waals surface area contributed by atoms with E-state index in [1.165, 1.54) is 6.07 Å². The number of ether oxygens (including phenoxy) is 2. The molecule has 2 aliphatic rings. The van der Waals surface area contributed by atoms with Gasteiger partial charge in [0.25, 0.3) is 5.91 Å². The lowest BCUT2D eigenvalue weighted by Gasteiger charge is -2.27. The van der Waals surface area contributed by atoms with Crippen molar-refractivity contribution >= 4 is 29.3 Å². The van der Waals surface area contributed by atoms with Crippen LogP contribution in [0.1, 0.15) is 71.6 Å². The van der Waals surface area contributed by atoms with Gasteiger partial charge in [-0.3, -0.25) is 10.1 Å². The molecule has 0 spiro atoms. The number of aromatic nitrogens is 2. The van der Waals surface area contributed by atoms with Crippen molar-refractivity contribution in [1.82, 2.24) is 14.9 Å². The molecule has 2 atom stereocenters. The van der Waals surface area contributed by atoms with Crippen molar-refractivity contribution in [3.8, 4) is 0 Å². The Morgan fingerprint density at radius 1 is 1.29 bits per heavy atom. The molecule has 1 aliphatic heterocycles. The first-order chi connectivity index (χ1) is 18.3. The molecule has 38 heavy (non-hydrogen) atoms. The van der Waals surface area contributed by atoms with E-state index < -0.39 is 18.0 Å². The lowest BCUT2D eigenvalue weighted by atomic mass is 9.89. The number of nitrogens with one attached hydrogen (secondary N) is 2. The number of imidazole rings is 1. The van der Waals surface area contributed by atoms with Crippen LogP contribution >= 0.6 is 11.6 Å². The minimum Gasteiger partial charge on any atom is -0.441 e. The predicted molar refractivity (Wildman–Crippen MR) is 141 cm³/mol. The Labute approximate surface area is 225 Å². The Morgan fingerprint density at radius 3 is 2.76 bits per heavy atom. The van der Waals surface area contributed by atoms with Crippen LogP contribution in [0.15, 0.2) is 48.7 Å². The van der Waals surface area contributed by atoms with Crippen molar-refractivity contribution < 1.29 is 23.5 Å². The Kier molecular flexibility index (Phi) is 7.40. The normalized spacial score (nSPS) is 18.2. The Hall–Kier alpha value is -3.43. The van der Waals surface area contributed by atoms with Crippen LogP contribution in [0.3, 0.4) is 0 Å². The molecule has 0 radical (unpaired) electrons. The van der Waals surface area contributed by atoms with E-state index in [0.29, 0.717) is 25.1 Å². The van der Waals surface area contributed by atoms with Gasteiger partial charge in [-0.15, -0.1) is 0 Å². The van der Waals surface area contributed by atoms with Crippen LogP contribution in [0.2, 0.25) is 5.02 Å². The van der Waals surface area contributed by atoms with E-state index in [-0.39, 0.29) is 33.8 Å². The second-order valence-corrected chi connectivity index (χ2v) is 10.3. The average molecular weight is 541 g/mol. The Bertz CT molecular complexity index is 1330. The number of carbonyl (C=O) groups is 2. The molecule has 0 saturated heterocycles. The second kappa shape index (κ2) is 10.7. The molecule has 10 heteroatoms. The molecule has 2 aromatic carbocycles. The number of rotatable bonds is 10. The summed E-state index contributed by atoms with van der Waals surface area (Å²) in [5.74, 6) is -0.621. The standard InChI is InChI=1S/C28H30ClFN4O4/c1-34(14-6-9-22-23-20(33-27(36)38-22)11-10-19(29)24(23)30)26(35)25-31-16-21(32-25)18(15-28(37-2)12-13-28)17-7-4-3-5-8-17/h3-5,7-8,10-11,16,18,22H,6,9,12-15H2,1-2H3,(H,31,32)(H,33,36). The van der Waals surface area contributed by atoms with E-state index >= 15 is 0 Å². The number of cyclic esters (lactones) is 1. The lowest BCUT2D eigenvalue weighted by molar-refractivity contribution is 0.0689. The maximum absolute atomic E-state index is 14.7. The molecular weight excluding hydrogens is 511 g/mol. The summed E-state index contributed by atoms with van der Waals surface area (Å²) in [7, 11) is 3.43. The fourth-order valence-electron chi connectivity index (χ4n) is 5.02. The van der Waals surface area contributed by atoms with Gasteiger partial charge in [0.05, 0.1) is 27.6 Å². The summed E-state index contributed by atoms with van der Waals surface area (Å²) in [6.07, 6.45) is 3.97. The quantitative estimate of drug-likeness (QED) is 0.326. The summed E-state index contributed by atoms with van der Waals surface area (Å²) in [6.45, 7) is 0.364. The number of hydrogen-bond acceptors (Lipinski definition) is 5. The highest BCUT2D eigenvalue weighted by Gasteiger charge is 2.45. The second-order valence-electron chi connectivity index (χ2n) is 9.94. The number of anilines is 1. The summed E-state index contributed by atoms with van der Waals surface area (Å²) in [4.78, 5) is 34.3. The van der Waals surface area contributed by atoms with E-state index in [0.717, 1.165) is 30.5 Å². The summed E-state index contributed by atoms with van der Waals surface area (Å²) in [5, 5.41) is 2.46. The summed E-state index contributed by atoms with van der Waals surface area (Å²) in [5.41, 5.74) is 2.34. The minimum atomic E-state index is -0.793. The number of hydrogen-bond donors (Lipinski definition) is 2. The highest BCUT2D eigenvalue weighted by molar-refractivity contribution is 6.31. The van der Waals surface area contributed by atoms with E-state index in [1.807, 2.05) is 18.2 Å². The van der Waals surface area contributed by atoms with Gasteiger partial charge in [0.1, 0.15) is 6.10 Å². The predicted octanol–water partition coefficient (Wildman–Crippen LogP) is 6.06. The molecule has 5 rings (SSSR count). The number of amides is 2. The van der Waals surface area contributed by atoms with Gasteiger partial charge in [0.2, 0.25) is 0 Å². The summed E-state index contributed by atoms with van der Waals surface area (Å²) in [6, 6.07) is 13.1. The van der Waals surface area contributed by atoms with Crippen LogP contribution in [-0.2, 0) is 9.47 Å². The van der Waals surface area contributed by atoms with Crippen LogP contribution in [0, 0.1) is 5.82 Å². The SMILES string of the molecule is COC1(CC(c2ccccc2)c2c[nH]c(C(=O)N(C)CCCC3OC(=O)Nc4ccc(Cl)c(F)c43)n2)CC1. The van der Waals surface area contributed by atoms with Crippen molar-refractivity contribution in [3.63, 3.8) is 0 Å². The van der Waals surface area contributed by atoms with Crippen LogP contribution in [0.25, 0.3) is 0 Å². The number of methoxy groups -OCH3 is 1. The van der Waals surface area contributed by atoms with Gasteiger partial charge in [-0.1, -0.05) is 41.9 Å². The third-order valence-electron chi connectivity index (χ3n) is 7.42. The van der Waals surface area contributed by atoms with Gasteiger partial charge in [0, 0.05) is 32.8 Å². The number of halogens is 2. The molecule has 2 amide bonds. The summed E-state index contributed by atoms with van der Waals surface area (Å²) >= 11 is 5.94. The lowest BCUT2D eigenvalue weighted by Crippen LogP contribution is -2.30. The van der Waals surface area contributed by atoms with Gasteiger partial charge in [0.15, 0.2) is 11.6 Å². The fourth-order valence-corrected chi connectivity index (χ4v) is 5.19. The molecule has 8 nitrogen and oxygen atoms in total. The Balaban J connectivity index is 1.24. The molecule has 0 bridgehead atoms. The van der Waals surface area contributed by atoms with Crippen LogP contribution in [0.5, 0.6) is 0 Å². The van der Waals surface area contributed by atoms with Gasteiger partial charge in [-0.2, -0.15) is 0 Å². The number of fused-ring (bicyclic) bond motifs is 1. The smallest absolute Gasteiger partial charge is 0.412 e. The highest BCUT2D eigenvalue weighted by atomic mass is 35.5. The topological polar surface area (TPSA) is 96.5 Å². The Morgan fingerprint density at radius 2 is 2.05 bits per heavy atom. The largest absolute Gasteiger partial charge is 0.441 e. The van der Waals surface area contributed by atoms with Crippen molar-refractivity contribution in [2.75, 3.05) is 26.0 Å². The molecule has 2 heterocycles. The number of aromatic amines is 1. The van der Waals surface area contributed by atoms with Crippen molar-refractivity contribution in [2.24, 2.45) is 0 Å². The number of carbonyl (C=O) groups excluding carboxylic acids is 2. The third kappa shape index (κ3) is 5.39. The van der Waals surface area contributed by atoms with Gasteiger partial charge in [-0.25, -0.2) is 14.2 Å². The average Bonchev–Trinajstić information content (AvgIpc) is 3.54. The molecular formula is C28H30ClFN4O4. The van der Waals surface area contributed by atoms with Crippen LogP contribution in [-0.4, -0.2) is 53.2 Å². The number of benzene rings is 2. The summed E-state index contributed by atoms with van der Waals surface area (Å²) < 4.78 is 25.8. The van der Waals surface area contributed by atoms with Gasteiger partial charge >= 0.3 is 6.09 Å². The number of nitrogens with zero attached hydrogens (tertiary/aromatic N) is 2. The van der Waals surface area contributed by atoms with Crippen LogP contribution in [0.4, 0.5) is 14.9 Å². The molecule has 2 unspecified atom stereocenters. The van der Waals surface area contributed by atoms with E-state index in [9.17, 15) is 14.0 Å². The van der Waals surface area contributed by atoms with Crippen molar-refractivity contribution in [2.45, 2.75) is 49.7 Å². The zero-order chi connectivity index (χ0) is 26.9. The molecule has 2 N–H and O–H groups in total. The van der Waals surface area contributed by atoms with Crippen molar-refractivity contribution in [3.05, 3.63) is 82.1 Å². The zero-order valence-corrected chi connectivity index (χ0v) is 22.1. The van der Waals surface area contributed by atoms with Gasteiger partial charge in [-0.05, 0) is 49.8 Å². The van der Waals surface area contributed by atoms with Gasteiger partial charge < -0.3 is 19.4 Å². The number of H-pyrrole nitrogens is 1. The maximum Gasteiger partial charge on any atom is 0.412 e. The van der Waals surface area contributed by atoms with Crippen LogP contribution < -0.4 is 5.32 Å². The zero-order valence-electron chi connectivity index (χ0n) is 21.3. The molecule has 200 valence electrons. The first-order valence-electron chi connectivity index (χ1n) is 12.7. The molecule has 1 aromatic heterocycles. The minimum absolute atomic E-state index is 0.00172. The highest BCUT2D eigenvalue weighted by Crippen LogP contribution is 2.47. The third-order valence-corrected chi connectivity index (χ3v) is 7.72. The first kappa shape index (κ1) is 26.2. The molecule has 1 fully saturated rings. The molecule has 3 aromatic rings. The van der Waals surface area contributed by atoms with E-state index in [1.54, 1.807) is 31.3 Å². The van der Waals surface area contributed by atoms with E-state index in [4.69, 9.17) is 21.1 Å². The monoisotopic (exact) mass is 540 g/mol. The fraction of sp³-hybridized carbons (Fsp3) is 0.393. The molecule has 1 saturated carbocycles. The first-order valence-corrected chi connectivity index (χ1v) is 13.0. The van der Waals surface area contributed by atoms with Crippen molar-refractivity contribution in [1.29, 1.82) is 0 Å².